The summed E-state index contributed by atoms with van der Waals surface area (Å²) in [5.74, 6) is 3.28. The number of benzene rings is 1. The summed E-state index contributed by atoms with van der Waals surface area (Å²) in [6, 6.07) is 5.99. The highest BCUT2D eigenvalue weighted by Gasteiger charge is 2.30. The maximum absolute atomic E-state index is 10.5. The van der Waals surface area contributed by atoms with Gasteiger partial charge in [0.15, 0.2) is 0 Å². The second-order valence-corrected chi connectivity index (χ2v) is 9.74. The zero-order chi connectivity index (χ0) is 21.6. The summed E-state index contributed by atoms with van der Waals surface area (Å²) in [7, 11) is -4.02. The van der Waals surface area contributed by atoms with Crippen LogP contribution in [0.1, 0.15) is 56.9 Å². The largest absolute Gasteiger partial charge is 0.396 e. The number of unbranched alkanes of at least 4 members (excludes halogenated alkanes) is 5. The van der Waals surface area contributed by atoms with Crippen LogP contribution in [0.15, 0.2) is 29.2 Å². The van der Waals surface area contributed by atoms with Gasteiger partial charge in [-0.2, -0.15) is 8.42 Å². The smallest absolute Gasteiger partial charge is 0.294 e. The van der Waals surface area contributed by atoms with Gasteiger partial charge in [-0.3, -0.25) is 4.55 Å². The van der Waals surface area contributed by atoms with Crippen LogP contribution >= 0.6 is 22.6 Å². The minimum Gasteiger partial charge on any atom is -0.396 e. The van der Waals surface area contributed by atoms with E-state index in [4.69, 9.17) is 9.66 Å². The second-order valence-electron chi connectivity index (χ2n) is 7.78. The van der Waals surface area contributed by atoms with E-state index in [2.05, 4.69) is 32.4 Å². The van der Waals surface area contributed by atoms with Gasteiger partial charge in [0.25, 0.3) is 10.1 Å². The molecule has 1 saturated heterocycles. The molecule has 29 heavy (non-hydrogen) atoms. The van der Waals surface area contributed by atoms with E-state index in [1.807, 2.05) is 6.92 Å². The Morgan fingerprint density at radius 3 is 2.07 bits per heavy atom. The van der Waals surface area contributed by atoms with Crippen LogP contribution in [-0.2, 0) is 10.1 Å². The summed E-state index contributed by atoms with van der Waals surface area (Å²) in [6.45, 7) is 7.27. The maximum Gasteiger partial charge on any atom is 0.294 e. The van der Waals surface area contributed by atoms with Crippen LogP contribution in [0.3, 0.4) is 0 Å². The Kier molecular flexibility index (Phi) is 13.1. The fourth-order valence-corrected chi connectivity index (χ4v) is 4.29. The molecule has 7 heteroatoms. The first-order valence-electron chi connectivity index (χ1n) is 10.4. The summed E-state index contributed by atoms with van der Waals surface area (Å²) in [6.07, 6.45) is 10.3. The summed E-state index contributed by atoms with van der Waals surface area (Å²) in [5, 5.41) is 8.71. The number of aliphatic hydroxyl groups is 1. The number of quaternary nitrogens is 1. The minimum absolute atomic E-state index is 0.0666. The Hall–Kier alpha value is -0.660. The molecule has 0 radical (unpaired) electrons. The average Bonchev–Trinajstić information content (AvgIpc) is 3.15. The summed E-state index contributed by atoms with van der Waals surface area (Å²) >= 11 is 2.15. The van der Waals surface area contributed by atoms with E-state index in [0.717, 1.165) is 18.5 Å². The van der Waals surface area contributed by atoms with Gasteiger partial charge in [0, 0.05) is 42.0 Å². The molecule has 0 saturated carbocycles. The number of hydrogen-bond donors (Lipinski definition) is 2. The van der Waals surface area contributed by atoms with Gasteiger partial charge >= 0.3 is 0 Å². The van der Waals surface area contributed by atoms with Gasteiger partial charge in [-0.1, -0.05) is 37.0 Å². The fourth-order valence-electron chi connectivity index (χ4n) is 3.64. The third-order valence-corrected chi connectivity index (χ3v) is 6.60. The number of likely N-dealkylation sites (tertiary alicyclic amines) is 1. The Morgan fingerprint density at radius 1 is 1.00 bits per heavy atom. The van der Waals surface area contributed by atoms with Crippen molar-refractivity contribution in [3.63, 3.8) is 0 Å². The predicted molar refractivity (Wildman–Crippen MR) is 127 cm³/mol. The van der Waals surface area contributed by atoms with Gasteiger partial charge < -0.3 is 9.59 Å². The third-order valence-electron chi connectivity index (χ3n) is 5.36. The predicted octanol–water partition coefficient (Wildman–Crippen LogP) is 4.57. The van der Waals surface area contributed by atoms with Crippen molar-refractivity contribution >= 4 is 32.7 Å². The lowest BCUT2D eigenvalue weighted by Gasteiger charge is -2.32. The highest BCUT2D eigenvalue weighted by atomic mass is 127. The van der Waals surface area contributed by atoms with Crippen LogP contribution in [0.4, 0.5) is 0 Å². The van der Waals surface area contributed by atoms with Crippen molar-refractivity contribution in [2.75, 3.05) is 32.8 Å². The molecule has 0 amide bonds. The molecule has 0 spiro atoms. The number of hydrogen-bond acceptors (Lipinski definition) is 3. The molecule has 1 aliphatic rings. The van der Waals surface area contributed by atoms with Crippen molar-refractivity contribution in [2.24, 2.45) is 0 Å². The van der Waals surface area contributed by atoms with Crippen LogP contribution in [0.25, 0.3) is 0 Å². The lowest BCUT2D eigenvalue weighted by atomic mass is 10.1. The molecule has 1 aromatic rings. The molecule has 0 aliphatic carbocycles. The van der Waals surface area contributed by atoms with E-state index >= 15 is 0 Å². The number of aliphatic hydroxyl groups excluding tert-OH is 1. The van der Waals surface area contributed by atoms with E-state index in [-0.39, 0.29) is 4.90 Å². The molecule has 2 N–H and O–H groups in total. The van der Waals surface area contributed by atoms with Crippen molar-refractivity contribution < 1.29 is 22.6 Å². The molecule has 1 heterocycles. The first-order chi connectivity index (χ1) is 13.8. The summed E-state index contributed by atoms with van der Waals surface area (Å²) in [5.41, 5.74) is 0.956. The normalized spacial score (nSPS) is 15.2. The monoisotopic (exact) mass is 536 g/mol. The minimum atomic E-state index is -4.02. The molecule has 2 rings (SSSR count). The van der Waals surface area contributed by atoms with Gasteiger partial charge in [-0.05, 0) is 48.2 Å². The van der Waals surface area contributed by atoms with Crippen LogP contribution < -0.4 is 0 Å². The molecule has 0 atom stereocenters. The zero-order valence-electron chi connectivity index (χ0n) is 17.4. The van der Waals surface area contributed by atoms with Crippen molar-refractivity contribution in [1.29, 1.82) is 0 Å². The Morgan fingerprint density at radius 2 is 1.55 bits per heavy atom. The first-order valence-corrected chi connectivity index (χ1v) is 12.9. The van der Waals surface area contributed by atoms with E-state index in [1.165, 1.54) is 81.2 Å². The van der Waals surface area contributed by atoms with E-state index in [9.17, 15) is 8.42 Å². The number of halogens is 1. The van der Waals surface area contributed by atoms with Crippen LogP contribution in [0.5, 0.6) is 0 Å². The standard InChI is InChI=1S/C15H27INO.C7H8O3S/c16-10-9-14-17(12-6-7-13-17)11-5-3-1-2-4-8-15-18;1-6-2-4-7(5-3-6)11(8,9)10/h18H,1-8,11-15H2;2-5H,1H3,(H,8,9,10)/q+1;. The highest BCUT2D eigenvalue weighted by molar-refractivity contribution is 14.1. The van der Waals surface area contributed by atoms with Crippen molar-refractivity contribution in [3.8, 4) is 9.85 Å². The number of rotatable bonds is 10. The molecule has 5 nitrogen and oxygen atoms in total. The molecular formula is C22H35INO4S+. The Labute approximate surface area is 190 Å². The molecule has 1 aromatic carbocycles. The lowest BCUT2D eigenvalue weighted by Crippen LogP contribution is -2.46. The fraction of sp³-hybridized carbons (Fsp3) is 0.636. The van der Waals surface area contributed by atoms with Crippen LogP contribution in [-0.4, -0.2) is 55.3 Å². The van der Waals surface area contributed by atoms with Crippen LogP contribution in [0, 0.1) is 16.8 Å². The van der Waals surface area contributed by atoms with E-state index in [1.54, 1.807) is 12.1 Å². The maximum atomic E-state index is 10.5. The number of nitrogens with zero attached hydrogens (tertiary/aromatic N) is 1. The SMILES string of the molecule is Cc1ccc(S(=O)(=O)O)cc1.OCCCCCCCC[N+]1(CC#CI)CCCC1. The molecule has 0 unspecified atom stereocenters. The van der Waals surface area contributed by atoms with Crippen molar-refractivity contribution in [3.05, 3.63) is 29.8 Å². The van der Waals surface area contributed by atoms with E-state index in [0.29, 0.717) is 6.61 Å². The highest BCUT2D eigenvalue weighted by Crippen LogP contribution is 2.20. The Bertz CT molecular complexity index is 732. The zero-order valence-corrected chi connectivity index (χ0v) is 20.4. The van der Waals surface area contributed by atoms with Gasteiger partial charge in [-0.25, -0.2) is 0 Å². The van der Waals surface area contributed by atoms with Crippen molar-refractivity contribution in [2.45, 2.75) is 63.2 Å². The molecule has 164 valence electrons. The van der Waals surface area contributed by atoms with Crippen molar-refractivity contribution in [1.82, 2.24) is 0 Å². The molecule has 1 aliphatic heterocycles. The van der Waals surface area contributed by atoms with Crippen LogP contribution in [0.2, 0.25) is 0 Å². The molecule has 0 aromatic heterocycles. The first kappa shape index (κ1) is 26.4. The molecule has 1 fully saturated rings. The summed E-state index contributed by atoms with van der Waals surface area (Å²) < 4.78 is 33.8. The second kappa shape index (κ2) is 14.4. The van der Waals surface area contributed by atoms with Gasteiger partial charge in [0.2, 0.25) is 0 Å². The lowest BCUT2D eigenvalue weighted by molar-refractivity contribution is -0.910. The third kappa shape index (κ3) is 11.3. The van der Waals surface area contributed by atoms with Gasteiger partial charge in [0.1, 0.15) is 6.54 Å². The quantitative estimate of drug-likeness (QED) is 0.151. The van der Waals surface area contributed by atoms with E-state index < -0.39 is 10.1 Å². The summed E-state index contributed by atoms with van der Waals surface area (Å²) in [4.78, 5) is -0.0666. The number of aryl methyl sites for hydroxylation is 1. The Balaban J connectivity index is 0.000000326. The van der Waals surface area contributed by atoms with Gasteiger partial charge in [0.05, 0.1) is 24.5 Å². The topological polar surface area (TPSA) is 74.6 Å². The molecule has 0 bridgehead atoms. The molecular weight excluding hydrogens is 501 g/mol. The van der Waals surface area contributed by atoms with Gasteiger partial charge in [-0.15, -0.1) is 0 Å². The average molecular weight is 536 g/mol.